The molecule has 0 N–H and O–H groups in total. The van der Waals surface area contributed by atoms with Crippen molar-refractivity contribution in [2.24, 2.45) is 4.99 Å². The monoisotopic (exact) mass is 688 g/mol. The highest BCUT2D eigenvalue weighted by Crippen LogP contribution is 2.40. The van der Waals surface area contributed by atoms with Gasteiger partial charge in [-0.3, -0.25) is 14.2 Å². The number of methoxy groups -OCH3 is 1. The molecule has 248 valence electrons. The topological polar surface area (TPSA) is 68.8 Å². The SMILES string of the molecule is CCN(CC)C(=O)C1=C(C)N=c2s/c(=C/c3c(C)n(Cc4ccccc4Cl)c4ccccc34)c(=O)n2[C@@H]1c1c(OC)ccc2ccccc12. The normalized spacial score (nSPS) is 14.7. The molecule has 1 amide bonds. The summed E-state index contributed by atoms with van der Waals surface area (Å²) in [5.41, 5.74) is 5.69. The van der Waals surface area contributed by atoms with Gasteiger partial charge in [-0.05, 0) is 68.3 Å². The summed E-state index contributed by atoms with van der Waals surface area (Å²) < 4.78 is 10.4. The molecular weight excluding hydrogens is 652 g/mol. The Labute approximate surface area is 293 Å². The van der Waals surface area contributed by atoms with Gasteiger partial charge in [0.15, 0.2) is 4.80 Å². The molecule has 4 aromatic carbocycles. The van der Waals surface area contributed by atoms with Crippen molar-refractivity contribution >= 4 is 56.6 Å². The molecule has 9 heteroatoms. The highest BCUT2D eigenvalue weighted by Gasteiger charge is 2.36. The van der Waals surface area contributed by atoms with Crippen LogP contribution in [0.3, 0.4) is 0 Å². The molecule has 0 fully saturated rings. The third-order valence-corrected chi connectivity index (χ3v) is 10.9. The summed E-state index contributed by atoms with van der Waals surface area (Å²) in [7, 11) is 1.63. The lowest BCUT2D eigenvalue weighted by Crippen LogP contribution is -2.43. The number of rotatable bonds is 8. The van der Waals surface area contributed by atoms with Gasteiger partial charge in [-0.1, -0.05) is 89.7 Å². The maximum atomic E-state index is 14.8. The summed E-state index contributed by atoms with van der Waals surface area (Å²) in [5, 5.41) is 3.66. The number of ether oxygens (including phenoxy) is 1. The summed E-state index contributed by atoms with van der Waals surface area (Å²) in [6.45, 7) is 9.54. The van der Waals surface area contributed by atoms with E-state index in [1.165, 1.54) is 11.3 Å². The molecule has 0 saturated heterocycles. The number of carbonyl (C=O) groups excluding carboxylic acids is 1. The smallest absolute Gasteiger partial charge is 0.271 e. The van der Waals surface area contributed by atoms with Crippen molar-refractivity contribution in [3.8, 4) is 5.75 Å². The number of amides is 1. The Morgan fingerprint density at radius 1 is 0.959 bits per heavy atom. The van der Waals surface area contributed by atoms with E-state index in [0.29, 0.717) is 51.0 Å². The maximum absolute atomic E-state index is 14.8. The first-order valence-electron chi connectivity index (χ1n) is 16.5. The molecule has 0 bridgehead atoms. The Balaban J connectivity index is 1.49. The fourth-order valence-corrected chi connectivity index (χ4v) is 8.28. The van der Waals surface area contributed by atoms with Crippen LogP contribution in [-0.2, 0) is 11.3 Å². The number of thiazole rings is 1. The zero-order valence-corrected chi connectivity index (χ0v) is 29.7. The Bertz CT molecular complexity index is 2490. The summed E-state index contributed by atoms with van der Waals surface area (Å²) in [4.78, 5) is 36.3. The highest BCUT2D eigenvalue weighted by molar-refractivity contribution is 7.07. The van der Waals surface area contributed by atoms with Gasteiger partial charge in [0, 0.05) is 52.4 Å². The van der Waals surface area contributed by atoms with Crippen LogP contribution >= 0.6 is 22.9 Å². The third kappa shape index (κ3) is 5.49. The van der Waals surface area contributed by atoms with E-state index >= 15 is 0 Å². The highest BCUT2D eigenvalue weighted by atomic mass is 35.5. The number of para-hydroxylation sites is 1. The van der Waals surface area contributed by atoms with Gasteiger partial charge >= 0.3 is 0 Å². The van der Waals surface area contributed by atoms with E-state index in [4.69, 9.17) is 21.3 Å². The molecular formula is C40H37ClN4O3S. The Kier molecular flexibility index (Phi) is 8.77. The van der Waals surface area contributed by atoms with E-state index in [9.17, 15) is 9.59 Å². The maximum Gasteiger partial charge on any atom is 0.271 e. The predicted octanol–water partition coefficient (Wildman–Crippen LogP) is 7.23. The van der Waals surface area contributed by atoms with E-state index in [-0.39, 0.29) is 11.5 Å². The molecule has 0 radical (unpaired) electrons. The van der Waals surface area contributed by atoms with E-state index in [1.807, 2.05) is 99.6 Å². The fraction of sp³-hybridized carbons (Fsp3) is 0.225. The number of likely N-dealkylation sites (N-methyl/N-ethyl adjacent to an activating group) is 1. The molecule has 6 aromatic rings. The van der Waals surface area contributed by atoms with E-state index in [2.05, 4.69) is 23.6 Å². The lowest BCUT2D eigenvalue weighted by atomic mass is 9.90. The van der Waals surface area contributed by atoms with Gasteiger partial charge in [-0.25, -0.2) is 4.99 Å². The molecule has 1 aliphatic rings. The van der Waals surface area contributed by atoms with Crippen molar-refractivity contribution in [2.75, 3.05) is 20.2 Å². The molecule has 0 saturated carbocycles. The van der Waals surface area contributed by atoms with E-state index in [1.54, 1.807) is 16.6 Å². The Hall–Kier alpha value is -4.92. The Morgan fingerprint density at radius 2 is 1.65 bits per heavy atom. The lowest BCUT2D eigenvalue weighted by Gasteiger charge is -2.30. The number of fused-ring (bicyclic) bond motifs is 3. The standard InChI is InChI=1S/C40H37ClN4O3S/c1-6-43(7-2)39(47)35-24(3)42-40-45(37(35)36-28-16-10-8-14-26(28)20-21-33(36)48-5)38(46)34(49-40)22-30-25(4)44(32-19-13-11-17-29(30)32)23-27-15-9-12-18-31(27)41/h8-22,37H,6-7,23H2,1-5H3/b34-22+/t37-/m0/s1. The van der Waals surface area contributed by atoms with E-state index in [0.717, 1.165) is 44.1 Å². The summed E-state index contributed by atoms with van der Waals surface area (Å²) >= 11 is 7.93. The van der Waals surface area contributed by atoms with Crippen LogP contribution in [0, 0.1) is 6.92 Å². The molecule has 1 atom stereocenters. The molecule has 2 aromatic heterocycles. The van der Waals surface area contributed by atoms with Crippen LogP contribution in [0.5, 0.6) is 5.75 Å². The number of aromatic nitrogens is 2. The van der Waals surface area contributed by atoms with Crippen molar-refractivity contribution in [1.29, 1.82) is 0 Å². The molecule has 3 heterocycles. The minimum Gasteiger partial charge on any atom is -0.496 e. The number of carbonyl (C=O) groups is 1. The number of benzene rings is 4. The van der Waals surface area contributed by atoms with Crippen LogP contribution in [-0.4, -0.2) is 40.1 Å². The van der Waals surface area contributed by atoms with Gasteiger partial charge < -0.3 is 14.2 Å². The predicted molar refractivity (Wildman–Crippen MR) is 199 cm³/mol. The van der Waals surface area contributed by atoms with Crippen LogP contribution in [0.25, 0.3) is 27.8 Å². The van der Waals surface area contributed by atoms with Crippen LogP contribution in [0.15, 0.2) is 106 Å². The van der Waals surface area contributed by atoms with E-state index < -0.39 is 6.04 Å². The zero-order valence-electron chi connectivity index (χ0n) is 28.2. The molecule has 0 aliphatic carbocycles. The number of allylic oxidation sites excluding steroid dienone is 1. The van der Waals surface area contributed by atoms with Gasteiger partial charge in [0.25, 0.3) is 11.5 Å². The van der Waals surface area contributed by atoms with Crippen molar-refractivity contribution in [3.05, 3.63) is 143 Å². The van der Waals surface area contributed by atoms with Gasteiger partial charge in [0.1, 0.15) is 11.8 Å². The average molecular weight is 689 g/mol. The van der Waals surface area contributed by atoms with Crippen LogP contribution in [0.2, 0.25) is 5.02 Å². The Morgan fingerprint density at radius 3 is 2.39 bits per heavy atom. The van der Waals surface area contributed by atoms with Gasteiger partial charge in [0.2, 0.25) is 0 Å². The summed E-state index contributed by atoms with van der Waals surface area (Å²) in [5.74, 6) is 0.468. The minimum atomic E-state index is -0.741. The van der Waals surface area contributed by atoms with Crippen molar-refractivity contribution in [1.82, 2.24) is 14.0 Å². The molecule has 0 unspecified atom stereocenters. The van der Waals surface area contributed by atoms with Crippen molar-refractivity contribution < 1.29 is 9.53 Å². The molecule has 49 heavy (non-hydrogen) atoms. The number of nitrogens with zero attached hydrogens (tertiary/aromatic N) is 4. The van der Waals surface area contributed by atoms with Gasteiger partial charge in [0.05, 0.1) is 22.9 Å². The number of halogens is 1. The van der Waals surface area contributed by atoms with Crippen molar-refractivity contribution in [2.45, 2.75) is 40.3 Å². The van der Waals surface area contributed by atoms with Gasteiger partial charge in [-0.2, -0.15) is 0 Å². The second kappa shape index (κ2) is 13.2. The first-order valence-corrected chi connectivity index (χ1v) is 17.6. The second-order valence-corrected chi connectivity index (χ2v) is 13.6. The first kappa shape index (κ1) is 32.6. The van der Waals surface area contributed by atoms with Gasteiger partial charge in [-0.15, -0.1) is 0 Å². The molecule has 1 aliphatic heterocycles. The zero-order chi connectivity index (χ0) is 34.4. The van der Waals surface area contributed by atoms with Crippen LogP contribution < -0.4 is 19.6 Å². The minimum absolute atomic E-state index is 0.140. The second-order valence-electron chi connectivity index (χ2n) is 12.2. The van der Waals surface area contributed by atoms with Crippen molar-refractivity contribution in [3.63, 3.8) is 0 Å². The average Bonchev–Trinajstić information content (AvgIpc) is 3.56. The largest absolute Gasteiger partial charge is 0.496 e. The third-order valence-electron chi connectivity index (χ3n) is 9.57. The first-order chi connectivity index (χ1) is 23.8. The molecule has 7 nitrogen and oxygen atoms in total. The lowest BCUT2D eigenvalue weighted by molar-refractivity contribution is -0.127. The summed E-state index contributed by atoms with van der Waals surface area (Å²) in [6.07, 6.45) is 1.98. The van der Waals surface area contributed by atoms with Crippen LogP contribution in [0.1, 0.15) is 49.2 Å². The number of hydrogen-bond acceptors (Lipinski definition) is 5. The van der Waals surface area contributed by atoms with Crippen LogP contribution in [0.4, 0.5) is 0 Å². The molecule has 0 spiro atoms. The molecule has 7 rings (SSSR count). The quantitative estimate of drug-likeness (QED) is 0.170. The fourth-order valence-electron chi connectivity index (χ4n) is 7.06. The summed E-state index contributed by atoms with van der Waals surface area (Å²) in [6, 6.07) is 27.3. The number of hydrogen-bond donors (Lipinski definition) is 0.